The summed E-state index contributed by atoms with van der Waals surface area (Å²) in [5, 5.41) is 4.55. The van der Waals surface area contributed by atoms with Crippen LogP contribution in [0, 0.1) is 6.92 Å². The summed E-state index contributed by atoms with van der Waals surface area (Å²) in [6, 6.07) is 5.93. The van der Waals surface area contributed by atoms with Gasteiger partial charge in [-0.25, -0.2) is 0 Å². The lowest BCUT2D eigenvalue weighted by Gasteiger charge is -2.03. The molecular formula is C13H13ClN2O. The molecule has 0 bridgehead atoms. The highest BCUT2D eigenvalue weighted by Crippen LogP contribution is 2.26. The molecule has 17 heavy (non-hydrogen) atoms. The van der Waals surface area contributed by atoms with Gasteiger partial charge >= 0.3 is 0 Å². The summed E-state index contributed by atoms with van der Waals surface area (Å²) in [4.78, 5) is 15.3. The number of aromatic amines is 1. The highest BCUT2D eigenvalue weighted by molar-refractivity contribution is 6.31. The average molecular weight is 249 g/mol. The molecule has 0 atom stereocenters. The second kappa shape index (κ2) is 3.77. The molecule has 1 heterocycles. The Bertz CT molecular complexity index is 599. The lowest BCUT2D eigenvalue weighted by molar-refractivity contribution is 0.0952. The van der Waals surface area contributed by atoms with Crippen molar-refractivity contribution >= 4 is 28.4 Å². The van der Waals surface area contributed by atoms with E-state index in [1.807, 2.05) is 25.1 Å². The number of halogens is 1. The van der Waals surface area contributed by atoms with E-state index in [0.29, 0.717) is 11.1 Å². The highest BCUT2D eigenvalue weighted by Gasteiger charge is 2.26. The van der Waals surface area contributed by atoms with Gasteiger partial charge in [-0.15, -0.1) is 0 Å². The van der Waals surface area contributed by atoms with Crippen LogP contribution in [0.25, 0.3) is 10.9 Å². The molecule has 1 amide bonds. The Hall–Kier alpha value is -1.48. The molecule has 0 spiro atoms. The van der Waals surface area contributed by atoms with E-state index in [4.69, 9.17) is 11.6 Å². The number of amides is 1. The number of carbonyl (C=O) groups is 1. The quantitative estimate of drug-likeness (QED) is 0.843. The maximum absolute atomic E-state index is 12.1. The van der Waals surface area contributed by atoms with E-state index in [2.05, 4.69) is 10.3 Å². The number of aryl methyl sites for hydroxylation is 1. The third kappa shape index (κ3) is 1.91. The van der Waals surface area contributed by atoms with Crippen LogP contribution in [0.2, 0.25) is 5.02 Å². The van der Waals surface area contributed by atoms with Gasteiger partial charge in [0, 0.05) is 27.7 Å². The second-order valence-electron chi connectivity index (χ2n) is 4.56. The van der Waals surface area contributed by atoms with Gasteiger partial charge in [0.2, 0.25) is 0 Å². The normalized spacial score (nSPS) is 15.2. The summed E-state index contributed by atoms with van der Waals surface area (Å²) in [6.07, 6.45) is 2.18. The molecular weight excluding hydrogens is 236 g/mol. The Morgan fingerprint density at radius 1 is 1.47 bits per heavy atom. The van der Waals surface area contributed by atoms with Gasteiger partial charge in [0.25, 0.3) is 5.91 Å². The van der Waals surface area contributed by atoms with Crippen molar-refractivity contribution < 1.29 is 4.79 Å². The number of aromatic nitrogens is 1. The number of fused-ring (bicyclic) bond motifs is 1. The Balaban J connectivity index is 2.09. The summed E-state index contributed by atoms with van der Waals surface area (Å²) in [7, 11) is 0. The van der Waals surface area contributed by atoms with E-state index in [9.17, 15) is 4.79 Å². The number of rotatable bonds is 2. The molecule has 1 saturated carbocycles. The van der Waals surface area contributed by atoms with Crippen molar-refractivity contribution in [1.82, 2.24) is 10.3 Å². The van der Waals surface area contributed by atoms with Crippen LogP contribution >= 0.6 is 11.6 Å². The summed E-state index contributed by atoms with van der Waals surface area (Å²) in [6.45, 7) is 1.91. The zero-order valence-electron chi connectivity index (χ0n) is 9.51. The molecule has 1 aromatic carbocycles. The molecule has 2 aromatic rings. The SMILES string of the molecule is Cc1[nH]c2ccc(Cl)cc2c1C(=O)NC1CC1. The van der Waals surface area contributed by atoms with Crippen LogP contribution in [0.1, 0.15) is 28.9 Å². The Labute approximate surface area is 104 Å². The van der Waals surface area contributed by atoms with Crippen LogP contribution in [-0.2, 0) is 0 Å². The summed E-state index contributed by atoms with van der Waals surface area (Å²) < 4.78 is 0. The standard InChI is InChI=1S/C13H13ClN2O/c1-7-12(13(17)16-9-3-4-9)10-6-8(14)2-5-11(10)15-7/h2,5-6,9,15H,3-4H2,1H3,(H,16,17). The predicted octanol–water partition coefficient (Wildman–Crippen LogP) is 3.02. The van der Waals surface area contributed by atoms with Crippen molar-refractivity contribution in [2.75, 3.05) is 0 Å². The molecule has 2 N–H and O–H groups in total. The predicted molar refractivity (Wildman–Crippen MR) is 68.5 cm³/mol. The highest BCUT2D eigenvalue weighted by atomic mass is 35.5. The molecule has 1 aliphatic rings. The molecule has 88 valence electrons. The number of hydrogen-bond acceptors (Lipinski definition) is 1. The minimum absolute atomic E-state index is 0.00137. The van der Waals surface area contributed by atoms with Gasteiger partial charge in [0.1, 0.15) is 0 Å². The van der Waals surface area contributed by atoms with Crippen LogP contribution in [0.3, 0.4) is 0 Å². The Kier molecular flexibility index (Phi) is 2.37. The van der Waals surface area contributed by atoms with Gasteiger partial charge in [-0.1, -0.05) is 11.6 Å². The molecule has 1 aromatic heterocycles. The first-order valence-electron chi connectivity index (χ1n) is 5.74. The molecule has 3 rings (SSSR count). The minimum atomic E-state index is -0.00137. The topological polar surface area (TPSA) is 44.9 Å². The van der Waals surface area contributed by atoms with E-state index in [1.54, 1.807) is 0 Å². The van der Waals surface area contributed by atoms with Gasteiger partial charge < -0.3 is 10.3 Å². The minimum Gasteiger partial charge on any atom is -0.358 e. The van der Waals surface area contributed by atoms with Crippen LogP contribution < -0.4 is 5.32 Å². The first-order chi connectivity index (χ1) is 8.15. The van der Waals surface area contributed by atoms with E-state index in [-0.39, 0.29) is 5.91 Å². The zero-order chi connectivity index (χ0) is 12.0. The third-order valence-electron chi connectivity index (χ3n) is 3.09. The summed E-state index contributed by atoms with van der Waals surface area (Å²) in [5.74, 6) is -0.00137. The smallest absolute Gasteiger partial charge is 0.253 e. The second-order valence-corrected chi connectivity index (χ2v) is 5.00. The van der Waals surface area contributed by atoms with Gasteiger partial charge in [-0.3, -0.25) is 4.79 Å². The molecule has 3 nitrogen and oxygen atoms in total. The first-order valence-corrected chi connectivity index (χ1v) is 6.11. The molecule has 0 radical (unpaired) electrons. The van der Waals surface area contributed by atoms with Crippen molar-refractivity contribution in [3.8, 4) is 0 Å². The van der Waals surface area contributed by atoms with Crippen LogP contribution in [0.4, 0.5) is 0 Å². The molecule has 0 aliphatic heterocycles. The molecule has 0 saturated heterocycles. The fourth-order valence-electron chi connectivity index (χ4n) is 2.08. The zero-order valence-corrected chi connectivity index (χ0v) is 10.3. The lowest BCUT2D eigenvalue weighted by Crippen LogP contribution is -2.25. The van der Waals surface area contributed by atoms with Crippen LogP contribution in [0.15, 0.2) is 18.2 Å². The summed E-state index contributed by atoms with van der Waals surface area (Å²) in [5.41, 5.74) is 2.56. The van der Waals surface area contributed by atoms with Crippen LogP contribution in [0.5, 0.6) is 0 Å². The van der Waals surface area contributed by atoms with Gasteiger partial charge in [-0.05, 0) is 38.0 Å². The largest absolute Gasteiger partial charge is 0.358 e. The lowest BCUT2D eigenvalue weighted by atomic mass is 10.1. The molecule has 0 unspecified atom stereocenters. The number of benzene rings is 1. The molecule has 4 heteroatoms. The Morgan fingerprint density at radius 3 is 2.94 bits per heavy atom. The molecule has 1 aliphatic carbocycles. The molecule has 1 fully saturated rings. The number of hydrogen-bond donors (Lipinski definition) is 2. The fraction of sp³-hybridized carbons (Fsp3) is 0.308. The van der Waals surface area contributed by atoms with E-state index in [0.717, 1.165) is 35.0 Å². The van der Waals surface area contributed by atoms with Crippen LogP contribution in [-0.4, -0.2) is 16.9 Å². The monoisotopic (exact) mass is 248 g/mol. The number of carbonyl (C=O) groups excluding carboxylic acids is 1. The number of H-pyrrole nitrogens is 1. The number of nitrogens with one attached hydrogen (secondary N) is 2. The maximum Gasteiger partial charge on any atom is 0.253 e. The maximum atomic E-state index is 12.1. The summed E-state index contributed by atoms with van der Waals surface area (Å²) >= 11 is 5.98. The van der Waals surface area contributed by atoms with Crippen molar-refractivity contribution in [3.63, 3.8) is 0 Å². The van der Waals surface area contributed by atoms with Crippen molar-refractivity contribution in [2.45, 2.75) is 25.8 Å². The van der Waals surface area contributed by atoms with Crippen molar-refractivity contribution in [1.29, 1.82) is 0 Å². The third-order valence-corrected chi connectivity index (χ3v) is 3.32. The van der Waals surface area contributed by atoms with E-state index >= 15 is 0 Å². The van der Waals surface area contributed by atoms with E-state index < -0.39 is 0 Å². The van der Waals surface area contributed by atoms with E-state index in [1.165, 1.54) is 0 Å². The average Bonchev–Trinajstić information content (AvgIpc) is 3.00. The fourth-order valence-corrected chi connectivity index (χ4v) is 2.25. The van der Waals surface area contributed by atoms with Gasteiger partial charge in [-0.2, -0.15) is 0 Å². The van der Waals surface area contributed by atoms with Crippen molar-refractivity contribution in [2.24, 2.45) is 0 Å². The van der Waals surface area contributed by atoms with Gasteiger partial charge in [0.05, 0.1) is 5.56 Å². The first kappa shape index (κ1) is 10.7. The Morgan fingerprint density at radius 2 is 2.24 bits per heavy atom. The van der Waals surface area contributed by atoms with Gasteiger partial charge in [0.15, 0.2) is 0 Å². The van der Waals surface area contributed by atoms with Crippen molar-refractivity contribution in [3.05, 3.63) is 34.5 Å².